The Hall–Kier alpha value is -1.85. The van der Waals surface area contributed by atoms with Gasteiger partial charge in [-0.3, -0.25) is 4.90 Å². The number of piperidine rings is 4. The molecule has 4 unspecified atom stereocenters. The molecule has 1 aromatic carbocycles. The van der Waals surface area contributed by atoms with E-state index in [1.54, 1.807) is 6.20 Å². The standard InChI is InChI=1S/C19H22N2O3/c22-18-10-21-12-5-11(18)6-13(21)8-14(7-12)24-19(23)16-9-20-17-4-2-1-3-15(16)17/h1-4,9,11-14,18,20,22H,5-8,10H2/t11?,12-,13+,14?,18?. The maximum Gasteiger partial charge on any atom is 0.340 e. The summed E-state index contributed by atoms with van der Waals surface area (Å²) in [7, 11) is 0. The van der Waals surface area contributed by atoms with Crippen LogP contribution in [0.2, 0.25) is 0 Å². The summed E-state index contributed by atoms with van der Waals surface area (Å²) in [6.07, 6.45) is 5.45. The highest BCUT2D eigenvalue weighted by atomic mass is 16.5. The molecule has 4 aliphatic rings. The summed E-state index contributed by atoms with van der Waals surface area (Å²) in [6.45, 7) is 0.795. The highest BCUT2D eigenvalue weighted by Crippen LogP contribution is 2.43. The molecule has 4 aliphatic heterocycles. The van der Waals surface area contributed by atoms with Crippen LogP contribution in [0.15, 0.2) is 30.5 Å². The van der Waals surface area contributed by atoms with E-state index >= 15 is 0 Å². The fourth-order valence-electron chi connectivity index (χ4n) is 5.06. The predicted octanol–water partition coefficient (Wildman–Crippen LogP) is 2.31. The summed E-state index contributed by atoms with van der Waals surface area (Å²) in [5.41, 5.74) is 1.58. The Morgan fingerprint density at radius 2 is 1.92 bits per heavy atom. The normalized spacial score (nSPS) is 37.5. The van der Waals surface area contributed by atoms with Crippen molar-refractivity contribution in [3.8, 4) is 0 Å². The van der Waals surface area contributed by atoms with Crippen LogP contribution < -0.4 is 0 Å². The number of benzene rings is 1. The molecule has 5 nitrogen and oxygen atoms in total. The van der Waals surface area contributed by atoms with Crippen LogP contribution in [0.4, 0.5) is 0 Å². The third-order valence-corrected chi connectivity index (χ3v) is 6.18. The zero-order chi connectivity index (χ0) is 16.3. The van der Waals surface area contributed by atoms with Crippen LogP contribution in [-0.4, -0.2) is 51.8 Å². The molecule has 1 aromatic heterocycles. The van der Waals surface area contributed by atoms with Gasteiger partial charge in [0, 0.05) is 48.6 Å². The molecule has 6 rings (SSSR count). The summed E-state index contributed by atoms with van der Waals surface area (Å²) >= 11 is 0. The predicted molar refractivity (Wildman–Crippen MR) is 89.7 cm³/mol. The summed E-state index contributed by atoms with van der Waals surface area (Å²) < 4.78 is 5.87. The van der Waals surface area contributed by atoms with Crippen LogP contribution in [0.1, 0.15) is 36.0 Å². The van der Waals surface area contributed by atoms with Gasteiger partial charge in [-0.1, -0.05) is 18.2 Å². The van der Waals surface area contributed by atoms with Gasteiger partial charge in [-0.15, -0.1) is 0 Å². The second-order valence-corrected chi connectivity index (χ2v) is 7.55. The van der Waals surface area contributed by atoms with Gasteiger partial charge in [0.2, 0.25) is 0 Å². The molecule has 6 atom stereocenters. The third-order valence-electron chi connectivity index (χ3n) is 6.18. The number of hydrogen-bond acceptors (Lipinski definition) is 4. The molecule has 2 aromatic rings. The first-order valence-corrected chi connectivity index (χ1v) is 8.90. The largest absolute Gasteiger partial charge is 0.459 e. The highest BCUT2D eigenvalue weighted by molar-refractivity contribution is 6.04. The molecule has 0 saturated carbocycles. The van der Waals surface area contributed by atoms with Crippen LogP contribution in [0.5, 0.6) is 0 Å². The van der Waals surface area contributed by atoms with Crippen molar-refractivity contribution >= 4 is 16.9 Å². The highest BCUT2D eigenvalue weighted by Gasteiger charge is 2.49. The smallest absolute Gasteiger partial charge is 0.340 e. The van der Waals surface area contributed by atoms with E-state index in [-0.39, 0.29) is 18.2 Å². The van der Waals surface area contributed by atoms with Gasteiger partial charge in [0.15, 0.2) is 0 Å². The van der Waals surface area contributed by atoms with E-state index in [2.05, 4.69) is 9.88 Å². The van der Waals surface area contributed by atoms with Crippen LogP contribution in [0, 0.1) is 5.92 Å². The maximum atomic E-state index is 12.6. The minimum absolute atomic E-state index is 0.00592. The summed E-state index contributed by atoms with van der Waals surface area (Å²) in [4.78, 5) is 18.2. The number of carbonyl (C=O) groups excluding carboxylic acids is 1. The molecule has 126 valence electrons. The van der Waals surface area contributed by atoms with E-state index < -0.39 is 0 Å². The van der Waals surface area contributed by atoms with Crippen molar-refractivity contribution in [2.45, 2.75) is 50.0 Å². The molecule has 0 amide bonds. The van der Waals surface area contributed by atoms with Crippen molar-refractivity contribution in [3.63, 3.8) is 0 Å². The lowest BCUT2D eigenvalue weighted by atomic mass is 9.71. The molecule has 0 aliphatic carbocycles. The second kappa shape index (κ2) is 5.33. The van der Waals surface area contributed by atoms with Gasteiger partial charge in [-0.25, -0.2) is 4.79 Å². The molecule has 5 heteroatoms. The third kappa shape index (κ3) is 2.19. The fraction of sp³-hybridized carbons (Fsp3) is 0.526. The quantitative estimate of drug-likeness (QED) is 0.831. The number of carbonyl (C=O) groups is 1. The van der Waals surface area contributed by atoms with Gasteiger partial charge in [-0.05, 0) is 24.8 Å². The Balaban J connectivity index is 1.32. The zero-order valence-corrected chi connectivity index (χ0v) is 13.5. The number of rotatable bonds is 2. The molecule has 2 N–H and O–H groups in total. The SMILES string of the molecule is O=C(OC1C[C@@H]2CC3C[C@H](C1)N2CC3O)c1c[nH]c2ccccc12. The average molecular weight is 326 g/mol. The van der Waals surface area contributed by atoms with E-state index in [4.69, 9.17) is 4.74 Å². The van der Waals surface area contributed by atoms with Crippen LogP contribution >= 0.6 is 0 Å². The molecule has 5 heterocycles. The first kappa shape index (κ1) is 14.5. The van der Waals surface area contributed by atoms with Crippen LogP contribution in [0.3, 0.4) is 0 Å². The lowest BCUT2D eigenvalue weighted by Gasteiger charge is -2.56. The average Bonchev–Trinajstić information content (AvgIpc) is 2.99. The molecule has 4 bridgehead atoms. The molecule has 0 radical (unpaired) electrons. The Labute approximate surface area is 140 Å². The van der Waals surface area contributed by atoms with Crippen molar-refractivity contribution in [3.05, 3.63) is 36.0 Å². The topological polar surface area (TPSA) is 65.6 Å². The van der Waals surface area contributed by atoms with Crippen molar-refractivity contribution in [1.29, 1.82) is 0 Å². The van der Waals surface area contributed by atoms with Crippen molar-refractivity contribution < 1.29 is 14.6 Å². The lowest BCUT2D eigenvalue weighted by Crippen LogP contribution is -2.64. The number of aromatic amines is 1. The maximum absolute atomic E-state index is 12.6. The number of aliphatic hydroxyl groups is 1. The van der Waals surface area contributed by atoms with Gasteiger partial charge in [0.25, 0.3) is 0 Å². The summed E-state index contributed by atoms with van der Waals surface area (Å²) in [6, 6.07) is 8.73. The summed E-state index contributed by atoms with van der Waals surface area (Å²) in [5.74, 6) is 0.216. The van der Waals surface area contributed by atoms with Gasteiger partial charge in [-0.2, -0.15) is 0 Å². The van der Waals surface area contributed by atoms with Crippen LogP contribution in [-0.2, 0) is 4.74 Å². The molecule has 0 spiro atoms. The number of H-pyrrole nitrogens is 1. The number of nitrogens with zero attached hydrogens (tertiary/aromatic N) is 1. The van der Waals surface area contributed by atoms with Gasteiger partial charge < -0.3 is 14.8 Å². The van der Waals surface area contributed by atoms with Gasteiger partial charge >= 0.3 is 5.97 Å². The first-order valence-electron chi connectivity index (χ1n) is 8.90. The van der Waals surface area contributed by atoms with E-state index in [0.717, 1.165) is 43.1 Å². The van der Waals surface area contributed by atoms with Gasteiger partial charge in [0.1, 0.15) is 6.10 Å². The first-order chi connectivity index (χ1) is 11.7. The second-order valence-electron chi connectivity index (χ2n) is 7.55. The monoisotopic (exact) mass is 326 g/mol. The lowest BCUT2D eigenvalue weighted by molar-refractivity contribution is -0.130. The van der Waals surface area contributed by atoms with Crippen molar-refractivity contribution in [2.24, 2.45) is 5.92 Å². The van der Waals surface area contributed by atoms with Crippen molar-refractivity contribution in [2.75, 3.05) is 6.54 Å². The van der Waals surface area contributed by atoms with E-state index in [0.29, 0.717) is 23.6 Å². The van der Waals surface area contributed by atoms with E-state index in [1.807, 2.05) is 24.3 Å². The van der Waals surface area contributed by atoms with Gasteiger partial charge in [0.05, 0.1) is 11.7 Å². The Morgan fingerprint density at radius 3 is 2.67 bits per heavy atom. The van der Waals surface area contributed by atoms with Crippen molar-refractivity contribution in [1.82, 2.24) is 9.88 Å². The summed E-state index contributed by atoms with van der Waals surface area (Å²) in [5, 5.41) is 11.0. The number of esters is 1. The molecular formula is C19H22N2O3. The molecular weight excluding hydrogens is 304 g/mol. The Bertz CT molecular complexity index is 770. The molecule has 4 fully saturated rings. The number of hydrogen-bond donors (Lipinski definition) is 2. The Morgan fingerprint density at radius 1 is 1.17 bits per heavy atom. The number of para-hydroxylation sites is 1. The van der Waals surface area contributed by atoms with E-state index in [9.17, 15) is 9.90 Å². The molecule has 4 saturated heterocycles. The minimum Gasteiger partial charge on any atom is -0.459 e. The number of aliphatic hydroxyl groups excluding tert-OH is 1. The number of ether oxygens (including phenoxy) is 1. The van der Waals surface area contributed by atoms with Crippen LogP contribution in [0.25, 0.3) is 10.9 Å². The zero-order valence-electron chi connectivity index (χ0n) is 13.5. The Kier molecular flexibility index (Phi) is 3.22. The number of fused-ring (bicyclic) bond motifs is 2. The number of nitrogens with one attached hydrogen (secondary N) is 1. The number of aromatic nitrogens is 1. The van der Waals surface area contributed by atoms with E-state index in [1.165, 1.54) is 0 Å². The fourth-order valence-corrected chi connectivity index (χ4v) is 5.06. The minimum atomic E-state index is -0.224. The molecule has 24 heavy (non-hydrogen) atoms.